The van der Waals surface area contributed by atoms with Crippen molar-refractivity contribution >= 4 is 5.71 Å². The zero-order valence-corrected chi connectivity index (χ0v) is 35.8. The van der Waals surface area contributed by atoms with Crippen LogP contribution in [-0.2, 0) is 37.3 Å². The molecule has 1 aliphatic carbocycles. The Hall–Kier alpha value is -3.03. The van der Waals surface area contributed by atoms with E-state index < -0.39 is 0 Å². The summed E-state index contributed by atoms with van der Waals surface area (Å²) in [4.78, 5) is 0. The van der Waals surface area contributed by atoms with Gasteiger partial charge >= 0.3 is 0 Å². The monoisotopic (exact) mass is 759 g/mol. The van der Waals surface area contributed by atoms with Crippen molar-refractivity contribution in [3.63, 3.8) is 0 Å². The normalized spacial score (nSPS) is 13.3. The molecule has 0 bridgehead atoms. The Morgan fingerprint density at radius 3 is 1.40 bits per heavy atom. The minimum atomic E-state index is -0.207. The molecule has 3 aromatic carbocycles. The van der Waals surface area contributed by atoms with E-state index in [-0.39, 0.29) is 48.8 Å². The van der Waals surface area contributed by atoms with Gasteiger partial charge in [0.1, 0.15) is 11.5 Å². The molecule has 2 radical (unpaired) electrons. The first-order chi connectivity index (χ1) is 22.3. The van der Waals surface area contributed by atoms with Crippen LogP contribution in [0.25, 0.3) is 16.5 Å². The maximum atomic E-state index is 11.2. The molecule has 1 aliphatic rings. The number of hydrogen-bond acceptors (Lipinski definition) is 2. The molecule has 0 heterocycles. The first-order valence-corrected chi connectivity index (χ1v) is 17.7. The topological polar surface area (TPSA) is 62.8 Å². The van der Waals surface area contributed by atoms with Gasteiger partial charge in [0.25, 0.3) is 0 Å². The van der Waals surface area contributed by atoms with Gasteiger partial charge in [-0.3, -0.25) is 0 Å². The summed E-state index contributed by atoms with van der Waals surface area (Å²) in [6.45, 7) is 39.0. The Bertz CT molecular complexity index is 1600. The maximum Gasteiger partial charge on any atom is 0.127 e. The summed E-state index contributed by atoms with van der Waals surface area (Å²) in [5.74, 6) is 2.39. The molecule has 0 amide bonds. The van der Waals surface area contributed by atoms with E-state index in [9.17, 15) is 15.6 Å². The third-order valence-electron chi connectivity index (χ3n) is 9.36. The molecular formula is C46H63MoNO2. The quantitative estimate of drug-likeness (QED) is 0.206. The summed E-state index contributed by atoms with van der Waals surface area (Å²) in [6, 6.07) is 14.2. The van der Waals surface area contributed by atoms with Gasteiger partial charge in [0.05, 0.1) is 0 Å². The predicted molar refractivity (Wildman–Crippen MR) is 214 cm³/mol. The van der Waals surface area contributed by atoms with Crippen LogP contribution in [0.2, 0.25) is 0 Å². The van der Waals surface area contributed by atoms with E-state index in [0.29, 0.717) is 17.5 Å². The van der Waals surface area contributed by atoms with E-state index >= 15 is 0 Å². The molecule has 0 aromatic heterocycles. The summed E-state index contributed by atoms with van der Waals surface area (Å²) in [5.41, 5.74) is 9.75. The third-order valence-corrected chi connectivity index (χ3v) is 9.36. The Morgan fingerprint density at radius 1 is 0.700 bits per heavy atom. The van der Waals surface area contributed by atoms with Crippen LogP contribution >= 0.6 is 0 Å². The molecule has 2 N–H and O–H groups in total. The fourth-order valence-corrected chi connectivity index (χ4v) is 5.94. The van der Waals surface area contributed by atoms with Crippen LogP contribution in [0.5, 0.6) is 11.5 Å². The van der Waals surface area contributed by atoms with Crippen molar-refractivity contribution in [2.45, 2.75) is 127 Å². The SMILES string of the molecule is CC(C)C1=CC=C[C+](C(C)C)C1=[N-].Cc1cc(C(C)(C)C)c(O)c(-c2c(C)c(C)cc(C(C)(C)C)c2O)c1C.[CH]C(C)(C)c1ccccc1.[Mo]. The second-order valence-corrected chi connectivity index (χ2v) is 16.9. The van der Waals surface area contributed by atoms with Gasteiger partial charge in [0, 0.05) is 84.9 Å². The second kappa shape index (κ2) is 17.5. The molecule has 50 heavy (non-hydrogen) atoms. The van der Waals surface area contributed by atoms with E-state index in [4.69, 9.17) is 6.92 Å². The van der Waals surface area contributed by atoms with E-state index in [1.807, 2.05) is 76.3 Å². The molecule has 3 nitrogen and oxygen atoms in total. The Kier molecular flexibility index (Phi) is 15.7. The van der Waals surface area contributed by atoms with Gasteiger partial charge in [-0.25, -0.2) is 0 Å². The van der Waals surface area contributed by atoms with Crippen LogP contribution in [-0.4, -0.2) is 15.9 Å². The zero-order chi connectivity index (χ0) is 37.8. The van der Waals surface area contributed by atoms with Crippen molar-refractivity contribution in [1.82, 2.24) is 0 Å². The molecule has 0 saturated carbocycles. The summed E-state index contributed by atoms with van der Waals surface area (Å²) >= 11 is 0. The van der Waals surface area contributed by atoms with Crippen molar-refractivity contribution in [2.24, 2.45) is 11.8 Å². The minimum absolute atomic E-state index is 0. The summed E-state index contributed by atoms with van der Waals surface area (Å²) < 4.78 is 0. The molecule has 0 saturated heterocycles. The van der Waals surface area contributed by atoms with Crippen LogP contribution in [0.4, 0.5) is 0 Å². The van der Waals surface area contributed by atoms with Gasteiger partial charge in [-0.15, -0.1) is 0 Å². The van der Waals surface area contributed by atoms with E-state index in [2.05, 4.69) is 95.2 Å². The van der Waals surface area contributed by atoms with Crippen molar-refractivity contribution in [3.05, 3.63) is 123 Å². The van der Waals surface area contributed by atoms with Crippen LogP contribution in [0.3, 0.4) is 0 Å². The molecule has 0 unspecified atom stereocenters. The van der Waals surface area contributed by atoms with Crippen molar-refractivity contribution in [2.75, 3.05) is 0 Å². The molecule has 0 atom stereocenters. The molecule has 0 spiro atoms. The Balaban J connectivity index is 0.000000432. The predicted octanol–water partition coefficient (Wildman–Crippen LogP) is 12.6. The average molecular weight is 758 g/mol. The van der Waals surface area contributed by atoms with Crippen molar-refractivity contribution < 1.29 is 31.3 Å². The number of phenols is 2. The largest absolute Gasteiger partial charge is 0.778 e. The van der Waals surface area contributed by atoms with Gasteiger partial charge in [0.2, 0.25) is 0 Å². The molecule has 0 aliphatic heterocycles. The number of rotatable bonds is 4. The fraction of sp³-hybridized carbons (Fsp3) is 0.457. The summed E-state index contributed by atoms with van der Waals surface area (Å²) in [6.07, 6.45) is 6.00. The number of nitrogens with zero attached hydrogens (tertiary/aromatic N) is 1. The van der Waals surface area contributed by atoms with E-state index in [0.717, 1.165) is 56.0 Å². The van der Waals surface area contributed by atoms with Gasteiger partial charge in [0.15, 0.2) is 0 Å². The van der Waals surface area contributed by atoms with Gasteiger partial charge in [-0.05, 0) is 112 Å². The minimum Gasteiger partial charge on any atom is -0.778 e. The molecule has 270 valence electrons. The Morgan fingerprint density at radius 2 is 1.10 bits per heavy atom. The smallest absolute Gasteiger partial charge is 0.127 e. The molecule has 3 aromatic rings. The van der Waals surface area contributed by atoms with E-state index in [1.54, 1.807) is 0 Å². The molecular weight excluding hydrogens is 694 g/mol. The Labute approximate surface area is 320 Å². The molecule has 4 heteroatoms. The first kappa shape index (κ1) is 45.0. The second-order valence-electron chi connectivity index (χ2n) is 16.9. The van der Waals surface area contributed by atoms with Crippen LogP contribution in [0, 0.1) is 52.4 Å². The van der Waals surface area contributed by atoms with Crippen LogP contribution in [0.15, 0.2) is 66.3 Å². The molecule has 4 rings (SSSR count). The summed E-state index contributed by atoms with van der Waals surface area (Å²) in [7, 11) is 0. The number of aryl methyl sites for hydroxylation is 2. The van der Waals surface area contributed by atoms with Gasteiger partial charge in [-0.2, -0.15) is 0 Å². The van der Waals surface area contributed by atoms with Crippen LogP contribution < -0.4 is 0 Å². The number of hydrogen-bond donors (Lipinski definition) is 2. The first-order valence-electron chi connectivity index (χ1n) is 17.7. The average Bonchev–Trinajstić information content (AvgIpc) is 2.98. The zero-order valence-electron chi connectivity index (χ0n) is 33.8. The standard InChI is InChI=1S/C24H34O2.C12H17N.C10H12.Mo/c1-13-11-17(23(5,6)7)21(25)19(15(13)3)20-16(4)14(2)12-18(22(20)26)24(8,9)10;1-8(2)10-6-5-7-11(9(3)4)12(10)13;1-10(2,3)9-7-5-4-6-8-9;/h11-12,25-26H,1-10H3;5-9H,1-4H3;1,4-8H,2-3H3;. The molecule has 0 fully saturated rings. The number of phenolic OH excluding ortho intramolecular Hbond substituents is 2. The third kappa shape index (κ3) is 11.0. The fourth-order valence-electron chi connectivity index (χ4n) is 5.94. The van der Waals surface area contributed by atoms with Crippen molar-refractivity contribution in [3.8, 4) is 22.6 Å². The van der Waals surface area contributed by atoms with Gasteiger partial charge in [-0.1, -0.05) is 97.9 Å². The number of benzene rings is 3. The van der Waals surface area contributed by atoms with Gasteiger partial charge < -0.3 is 15.6 Å². The number of aromatic hydroxyl groups is 2. The van der Waals surface area contributed by atoms with Crippen molar-refractivity contribution in [1.29, 1.82) is 0 Å². The summed E-state index contributed by atoms with van der Waals surface area (Å²) in [5, 5.41) is 32.3. The van der Waals surface area contributed by atoms with Crippen LogP contribution in [0.1, 0.15) is 122 Å². The van der Waals surface area contributed by atoms with E-state index in [1.165, 1.54) is 5.56 Å². The maximum absolute atomic E-state index is 11.2. The number of allylic oxidation sites excluding steroid dienone is 4.